The first kappa shape index (κ1) is 17.9. The molecule has 2 rings (SSSR count). The molecule has 0 bridgehead atoms. The van der Waals surface area contributed by atoms with Crippen molar-refractivity contribution < 1.29 is 9.90 Å². The van der Waals surface area contributed by atoms with Gasteiger partial charge in [0.15, 0.2) is 0 Å². The molecule has 1 aromatic carbocycles. The van der Waals surface area contributed by atoms with Gasteiger partial charge in [0, 0.05) is 25.2 Å². The number of carbonyl (C=O) groups excluding carboxylic acids is 1. The first-order valence-corrected chi connectivity index (χ1v) is 8.29. The summed E-state index contributed by atoms with van der Waals surface area (Å²) in [4.78, 5) is 23.3. The zero-order valence-corrected chi connectivity index (χ0v) is 13.7. The minimum absolute atomic E-state index is 0.0671. The minimum atomic E-state index is -0.779. The maximum atomic E-state index is 11.8. The van der Waals surface area contributed by atoms with Crippen molar-refractivity contribution in [3.05, 3.63) is 70.6 Å². The number of pyridine rings is 1. The number of rotatable bonds is 9. The van der Waals surface area contributed by atoms with E-state index in [1.807, 2.05) is 18.2 Å². The van der Waals surface area contributed by atoms with Gasteiger partial charge in [0.05, 0.1) is 12.6 Å². The van der Waals surface area contributed by atoms with Crippen LogP contribution in [0.25, 0.3) is 0 Å². The lowest BCUT2D eigenvalue weighted by Crippen LogP contribution is -2.36. The molecule has 2 aromatic rings. The van der Waals surface area contributed by atoms with Crippen molar-refractivity contribution in [2.45, 2.75) is 38.3 Å². The van der Waals surface area contributed by atoms with Gasteiger partial charge in [0.1, 0.15) is 0 Å². The Kier molecular flexibility index (Phi) is 7.23. The van der Waals surface area contributed by atoms with Crippen molar-refractivity contribution in [3.63, 3.8) is 0 Å². The van der Waals surface area contributed by atoms with Gasteiger partial charge in [-0.2, -0.15) is 0 Å². The summed E-state index contributed by atoms with van der Waals surface area (Å²) in [6.07, 6.45) is 4.03. The van der Waals surface area contributed by atoms with Crippen LogP contribution in [0.4, 0.5) is 0 Å². The van der Waals surface area contributed by atoms with E-state index in [9.17, 15) is 14.7 Å². The van der Waals surface area contributed by atoms with E-state index in [2.05, 4.69) is 17.4 Å². The lowest BCUT2D eigenvalue weighted by atomic mass is 10.1. The number of aromatic nitrogens is 1. The molecule has 0 saturated carbocycles. The number of aliphatic hydroxyl groups excluding tert-OH is 1. The third-order valence-corrected chi connectivity index (χ3v) is 3.80. The number of aryl methyl sites for hydroxylation is 1. The summed E-state index contributed by atoms with van der Waals surface area (Å²) in [5, 5.41) is 12.6. The van der Waals surface area contributed by atoms with Crippen molar-refractivity contribution in [2.24, 2.45) is 0 Å². The van der Waals surface area contributed by atoms with Gasteiger partial charge in [0.25, 0.3) is 5.56 Å². The lowest BCUT2D eigenvalue weighted by molar-refractivity contribution is -0.121. The van der Waals surface area contributed by atoms with E-state index in [0.717, 1.165) is 19.3 Å². The third-order valence-electron chi connectivity index (χ3n) is 3.80. The van der Waals surface area contributed by atoms with E-state index in [1.54, 1.807) is 18.3 Å². The molecular weight excluding hydrogens is 304 g/mol. The third kappa shape index (κ3) is 6.38. The van der Waals surface area contributed by atoms with Gasteiger partial charge in [-0.15, -0.1) is 0 Å². The molecule has 0 radical (unpaired) electrons. The minimum Gasteiger partial charge on any atom is -0.389 e. The molecule has 1 unspecified atom stereocenters. The van der Waals surface area contributed by atoms with Gasteiger partial charge in [-0.05, 0) is 30.9 Å². The SMILES string of the molecule is O=C(CCCCc1ccccc1)NCC(O)Cn1ccccc1=O. The molecule has 1 heterocycles. The number of unbranched alkanes of at least 4 members (excludes halogenated alkanes) is 1. The van der Waals surface area contributed by atoms with Crippen LogP contribution in [-0.2, 0) is 17.8 Å². The van der Waals surface area contributed by atoms with Crippen LogP contribution < -0.4 is 10.9 Å². The van der Waals surface area contributed by atoms with Crippen LogP contribution in [0.3, 0.4) is 0 Å². The number of amides is 1. The van der Waals surface area contributed by atoms with Crippen molar-refractivity contribution in [1.29, 1.82) is 0 Å². The van der Waals surface area contributed by atoms with Crippen LogP contribution in [0, 0.1) is 0 Å². The first-order chi connectivity index (χ1) is 11.6. The molecule has 0 saturated heterocycles. The Morgan fingerprint density at radius 2 is 1.83 bits per heavy atom. The molecular formula is C19H24N2O3. The zero-order valence-electron chi connectivity index (χ0n) is 13.7. The van der Waals surface area contributed by atoms with Crippen LogP contribution in [0.1, 0.15) is 24.8 Å². The molecule has 0 aliphatic rings. The Morgan fingerprint density at radius 3 is 2.58 bits per heavy atom. The predicted octanol–water partition coefficient (Wildman–Crippen LogP) is 1.74. The Morgan fingerprint density at radius 1 is 1.08 bits per heavy atom. The fourth-order valence-corrected chi connectivity index (χ4v) is 2.48. The van der Waals surface area contributed by atoms with E-state index in [-0.39, 0.29) is 24.6 Å². The average Bonchev–Trinajstić information content (AvgIpc) is 2.60. The van der Waals surface area contributed by atoms with Crippen molar-refractivity contribution >= 4 is 5.91 Å². The molecule has 5 nitrogen and oxygen atoms in total. The molecule has 5 heteroatoms. The summed E-state index contributed by atoms with van der Waals surface area (Å²) < 4.78 is 1.43. The molecule has 2 N–H and O–H groups in total. The van der Waals surface area contributed by atoms with Gasteiger partial charge in [0.2, 0.25) is 5.91 Å². The second kappa shape index (κ2) is 9.67. The van der Waals surface area contributed by atoms with Crippen LogP contribution in [0.2, 0.25) is 0 Å². The van der Waals surface area contributed by atoms with Gasteiger partial charge < -0.3 is 15.0 Å². The van der Waals surface area contributed by atoms with Gasteiger partial charge in [-0.25, -0.2) is 0 Å². The Labute approximate surface area is 142 Å². The van der Waals surface area contributed by atoms with Gasteiger partial charge in [-0.1, -0.05) is 36.4 Å². The highest BCUT2D eigenvalue weighted by Gasteiger charge is 2.08. The molecule has 0 aliphatic heterocycles. The van der Waals surface area contributed by atoms with Crippen molar-refractivity contribution in [1.82, 2.24) is 9.88 Å². The normalized spacial score (nSPS) is 11.9. The van der Waals surface area contributed by atoms with Crippen molar-refractivity contribution in [3.8, 4) is 0 Å². The number of benzene rings is 1. The van der Waals surface area contributed by atoms with Crippen LogP contribution >= 0.6 is 0 Å². The number of nitrogens with one attached hydrogen (secondary N) is 1. The number of aliphatic hydroxyl groups is 1. The summed E-state index contributed by atoms with van der Waals surface area (Å²) in [6, 6.07) is 15.0. The topological polar surface area (TPSA) is 71.3 Å². The summed E-state index contributed by atoms with van der Waals surface area (Å²) >= 11 is 0. The molecule has 1 amide bonds. The second-order valence-electron chi connectivity index (χ2n) is 5.84. The maximum Gasteiger partial charge on any atom is 0.250 e. The molecule has 128 valence electrons. The quantitative estimate of drug-likeness (QED) is 0.689. The fourth-order valence-electron chi connectivity index (χ4n) is 2.48. The lowest BCUT2D eigenvalue weighted by Gasteiger charge is -2.13. The molecule has 1 atom stereocenters. The number of hydrogen-bond donors (Lipinski definition) is 2. The molecule has 1 aromatic heterocycles. The Hall–Kier alpha value is -2.40. The standard InChI is InChI=1S/C19H24N2O3/c22-17(15-21-13-7-6-12-19(21)24)14-20-18(23)11-5-4-10-16-8-2-1-3-9-16/h1-3,6-9,12-13,17,22H,4-5,10-11,14-15H2,(H,20,23). The number of carbonyl (C=O) groups is 1. The summed E-state index contributed by atoms with van der Waals surface area (Å²) in [5.74, 6) is -0.0671. The first-order valence-electron chi connectivity index (χ1n) is 8.29. The van der Waals surface area contributed by atoms with Gasteiger partial charge >= 0.3 is 0 Å². The van der Waals surface area contributed by atoms with Crippen LogP contribution in [0.5, 0.6) is 0 Å². The van der Waals surface area contributed by atoms with Crippen LogP contribution in [0.15, 0.2) is 59.5 Å². The smallest absolute Gasteiger partial charge is 0.250 e. The molecule has 0 aliphatic carbocycles. The zero-order chi connectivity index (χ0) is 17.2. The van der Waals surface area contributed by atoms with Crippen molar-refractivity contribution in [2.75, 3.05) is 6.54 Å². The molecule has 24 heavy (non-hydrogen) atoms. The highest BCUT2D eigenvalue weighted by molar-refractivity contribution is 5.75. The van der Waals surface area contributed by atoms with E-state index in [4.69, 9.17) is 0 Å². The highest BCUT2D eigenvalue weighted by atomic mass is 16.3. The summed E-state index contributed by atoms with van der Waals surface area (Å²) in [6.45, 7) is 0.326. The Balaban J connectivity index is 1.60. The number of hydrogen-bond acceptors (Lipinski definition) is 3. The van der Waals surface area contributed by atoms with E-state index in [1.165, 1.54) is 16.2 Å². The number of nitrogens with zero attached hydrogens (tertiary/aromatic N) is 1. The van der Waals surface area contributed by atoms with E-state index >= 15 is 0 Å². The second-order valence-corrected chi connectivity index (χ2v) is 5.84. The summed E-state index contributed by atoms with van der Waals surface area (Å²) in [5.41, 5.74) is 1.12. The Bertz CT molecular complexity index is 682. The van der Waals surface area contributed by atoms with E-state index < -0.39 is 6.10 Å². The van der Waals surface area contributed by atoms with E-state index in [0.29, 0.717) is 6.42 Å². The highest BCUT2D eigenvalue weighted by Crippen LogP contribution is 2.06. The molecule has 0 fully saturated rings. The fraction of sp³-hybridized carbons (Fsp3) is 0.368. The molecule has 0 spiro atoms. The summed E-state index contributed by atoms with van der Waals surface area (Å²) in [7, 11) is 0. The maximum absolute atomic E-state index is 11.8. The largest absolute Gasteiger partial charge is 0.389 e. The van der Waals surface area contributed by atoms with Gasteiger partial charge in [-0.3, -0.25) is 9.59 Å². The van der Waals surface area contributed by atoms with Crippen LogP contribution in [-0.4, -0.2) is 28.2 Å². The predicted molar refractivity (Wildman–Crippen MR) is 93.7 cm³/mol. The average molecular weight is 328 g/mol. The monoisotopic (exact) mass is 328 g/mol.